The molecule has 0 aromatic carbocycles. The van der Waals surface area contributed by atoms with Gasteiger partial charge in [0.15, 0.2) is 5.75 Å². The molecule has 0 unspecified atom stereocenters. The number of nitrogens with zero attached hydrogens (tertiary/aromatic N) is 3. The third-order valence-electron chi connectivity index (χ3n) is 3.89. The number of hydrogen-bond donors (Lipinski definition) is 1. The predicted octanol–water partition coefficient (Wildman–Crippen LogP) is 2.25. The van der Waals surface area contributed by atoms with E-state index < -0.39 is 0 Å². The van der Waals surface area contributed by atoms with Crippen LogP contribution in [0.3, 0.4) is 0 Å². The first-order valence-electron chi connectivity index (χ1n) is 7.26. The second kappa shape index (κ2) is 5.95. The van der Waals surface area contributed by atoms with Gasteiger partial charge >= 0.3 is 0 Å². The highest BCUT2D eigenvalue weighted by Gasteiger charge is 2.40. The third-order valence-corrected chi connectivity index (χ3v) is 3.89. The fourth-order valence-corrected chi connectivity index (χ4v) is 2.30. The first-order valence-corrected chi connectivity index (χ1v) is 7.26. The van der Waals surface area contributed by atoms with E-state index in [1.807, 2.05) is 25.8 Å². The van der Waals surface area contributed by atoms with Gasteiger partial charge in [-0.3, -0.25) is 0 Å². The van der Waals surface area contributed by atoms with Crippen molar-refractivity contribution < 1.29 is 9.84 Å². The van der Waals surface area contributed by atoms with Gasteiger partial charge < -0.3 is 14.7 Å². The van der Waals surface area contributed by atoms with E-state index in [0.29, 0.717) is 17.1 Å². The monoisotopic (exact) mass is 279 g/mol. The Labute approximate surface area is 121 Å². The molecule has 0 amide bonds. The minimum atomic E-state index is 0.0689. The van der Waals surface area contributed by atoms with Gasteiger partial charge in [-0.2, -0.15) is 0 Å². The number of aliphatic hydroxyl groups excluding tert-OH is 1. The van der Waals surface area contributed by atoms with Crippen LogP contribution in [-0.4, -0.2) is 40.9 Å². The van der Waals surface area contributed by atoms with Crippen LogP contribution in [0.4, 0.5) is 5.95 Å². The lowest BCUT2D eigenvalue weighted by Gasteiger charge is -2.28. The van der Waals surface area contributed by atoms with Crippen LogP contribution in [-0.2, 0) is 0 Å². The molecule has 1 heterocycles. The van der Waals surface area contributed by atoms with E-state index in [1.54, 1.807) is 12.4 Å². The molecule has 0 radical (unpaired) electrons. The molecule has 0 saturated heterocycles. The molecule has 5 heteroatoms. The molecular formula is C15H25N3O2. The Hall–Kier alpha value is -1.36. The molecule has 1 N–H and O–H groups in total. The summed E-state index contributed by atoms with van der Waals surface area (Å²) in [7, 11) is 1.94. The van der Waals surface area contributed by atoms with Crippen LogP contribution in [0, 0.1) is 5.41 Å². The molecule has 0 spiro atoms. The van der Waals surface area contributed by atoms with Crippen molar-refractivity contribution in [3.05, 3.63) is 12.4 Å². The molecule has 0 aliphatic heterocycles. The van der Waals surface area contributed by atoms with E-state index >= 15 is 0 Å². The molecule has 1 saturated carbocycles. The van der Waals surface area contributed by atoms with Crippen LogP contribution in [0.15, 0.2) is 12.4 Å². The van der Waals surface area contributed by atoms with Gasteiger partial charge in [0.1, 0.15) is 0 Å². The Morgan fingerprint density at radius 2 is 1.95 bits per heavy atom. The maximum atomic E-state index is 9.60. The van der Waals surface area contributed by atoms with E-state index in [-0.39, 0.29) is 18.8 Å². The minimum Gasteiger partial charge on any atom is -0.488 e. The molecule has 112 valence electrons. The summed E-state index contributed by atoms with van der Waals surface area (Å²) in [6.07, 6.45) is 6.96. The molecule has 5 nitrogen and oxygen atoms in total. The van der Waals surface area contributed by atoms with E-state index in [1.165, 1.54) is 12.8 Å². The van der Waals surface area contributed by atoms with Crippen molar-refractivity contribution in [3.63, 3.8) is 0 Å². The first-order chi connectivity index (χ1) is 9.43. The van der Waals surface area contributed by atoms with Crippen LogP contribution in [0.1, 0.15) is 40.0 Å². The standard InChI is InChI=1S/C15H25N3O2/c1-11(2)20-13-8-16-14(17-9-13)18(4)12(10-19)7-15(3)5-6-15/h8-9,11-12,19H,5-7,10H2,1-4H3/t12-/m1/s1. The molecule has 1 aliphatic carbocycles. The van der Waals surface area contributed by atoms with Crippen LogP contribution in [0.2, 0.25) is 0 Å². The van der Waals surface area contributed by atoms with Gasteiger partial charge in [0.2, 0.25) is 5.95 Å². The Balaban J connectivity index is 2.01. The van der Waals surface area contributed by atoms with Crippen molar-refractivity contribution in [1.82, 2.24) is 9.97 Å². The summed E-state index contributed by atoms with van der Waals surface area (Å²) in [5, 5.41) is 9.60. The summed E-state index contributed by atoms with van der Waals surface area (Å²) in [5.41, 5.74) is 0.391. The van der Waals surface area contributed by atoms with Gasteiger partial charge in [0, 0.05) is 7.05 Å². The van der Waals surface area contributed by atoms with Gasteiger partial charge in [0.05, 0.1) is 31.1 Å². The Morgan fingerprint density at radius 3 is 2.40 bits per heavy atom. The number of aromatic nitrogens is 2. The van der Waals surface area contributed by atoms with Gasteiger partial charge in [0.25, 0.3) is 0 Å². The average Bonchev–Trinajstić information content (AvgIpc) is 3.13. The quantitative estimate of drug-likeness (QED) is 0.829. The first kappa shape index (κ1) is 15.0. The SMILES string of the molecule is CC(C)Oc1cnc(N(C)[C@@H](CO)CC2(C)CC2)nc1. The summed E-state index contributed by atoms with van der Waals surface area (Å²) in [4.78, 5) is 10.6. The average molecular weight is 279 g/mol. The molecule has 1 aromatic rings. The minimum absolute atomic E-state index is 0.0689. The third kappa shape index (κ3) is 3.82. The fraction of sp³-hybridized carbons (Fsp3) is 0.733. The van der Waals surface area contributed by atoms with Crippen molar-refractivity contribution >= 4 is 5.95 Å². The lowest BCUT2D eigenvalue weighted by atomic mass is 9.99. The fourth-order valence-electron chi connectivity index (χ4n) is 2.30. The van der Waals surface area contributed by atoms with E-state index in [0.717, 1.165) is 6.42 Å². The normalized spacial score (nSPS) is 17.9. The molecule has 2 rings (SSSR count). The zero-order valence-electron chi connectivity index (χ0n) is 12.8. The maximum absolute atomic E-state index is 9.60. The van der Waals surface area contributed by atoms with Crippen molar-refractivity contribution in [2.75, 3.05) is 18.6 Å². The smallest absolute Gasteiger partial charge is 0.225 e. The maximum Gasteiger partial charge on any atom is 0.225 e. The lowest BCUT2D eigenvalue weighted by Crippen LogP contribution is -2.37. The van der Waals surface area contributed by atoms with Crippen LogP contribution < -0.4 is 9.64 Å². The summed E-state index contributed by atoms with van der Waals surface area (Å²) in [6, 6.07) is 0.0689. The summed E-state index contributed by atoms with van der Waals surface area (Å²) in [5.74, 6) is 1.30. The summed E-state index contributed by atoms with van der Waals surface area (Å²) in [6.45, 7) is 6.33. The zero-order chi connectivity index (χ0) is 14.8. The molecule has 1 fully saturated rings. The molecular weight excluding hydrogens is 254 g/mol. The number of ether oxygens (including phenoxy) is 1. The van der Waals surface area contributed by atoms with Gasteiger partial charge in [-0.1, -0.05) is 6.92 Å². The molecule has 1 aliphatic rings. The van der Waals surface area contributed by atoms with Gasteiger partial charge in [-0.05, 0) is 38.5 Å². The van der Waals surface area contributed by atoms with Crippen molar-refractivity contribution in [1.29, 1.82) is 0 Å². The Bertz CT molecular complexity index is 429. The number of anilines is 1. The highest BCUT2D eigenvalue weighted by molar-refractivity contribution is 5.32. The number of aliphatic hydroxyl groups is 1. The zero-order valence-corrected chi connectivity index (χ0v) is 12.8. The second-order valence-corrected chi connectivity index (χ2v) is 6.35. The molecule has 1 aromatic heterocycles. The lowest BCUT2D eigenvalue weighted by molar-refractivity contribution is 0.236. The number of likely N-dealkylation sites (N-methyl/N-ethyl adjacent to an activating group) is 1. The van der Waals surface area contributed by atoms with Crippen molar-refractivity contribution in [2.24, 2.45) is 5.41 Å². The number of hydrogen-bond acceptors (Lipinski definition) is 5. The van der Waals surface area contributed by atoms with E-state index in [4.69, 9.17) is 4.74 Å². The van der Waals surface area contributed by atoms with E-state index in [2.05, 4.69) is 16.9 Å². The predicted molar refractivity (Wildman–Crippen MR) is 79.0 cm³/mol. The Morgan fingerprint density at radius 1 is 1.35 bits per heavy atom. The molecule has 0 bridgehead atoms. The molecule has 20 heavy (non-hydrogen) atoms. The highest BCUT2D eigenvalue weighted by atomic mass is 16.5. The van der Waals surface area contributed by atoms with Crippen LogP contribution in [0.25, 0.3) is 0 Å². The second-order valence-electron chi connectivity index (χ2n) is 6.35. The number of rotatable bonds is 7. The topological polar surface area (TPSA) is 58.5 Å². The summed E-state index contributed by atoms with van der Waals surface area (Å²) < 4.78 is 5.53. The summed E-state index contributed by atoms with van der Waals surface area (Å²) >= 11 is 0. The highest BCUT2D eigenvalue weighted by Crippen LogP contribution is 2.49. The Kier molecular flexibility index (Phi) is 4.48. The van der Waals surface area contributed by atoms with Crippen LogP contribution in [0.5, 0.6) is 5.75 Å². The van der Waals surface area contributed by atoms with Crippen molar-refractivity contribution in [2.45, 2.75) is 52.2 Å². The van der Waals surface area contributed by atoms with Gasteiger partial charge in [-0.15, -0.1) is 0 Å². The van der Waals surface area contributed by atoms with E-state index in [9.17, 15) is 5.11 Å². The largest absolute Gasteiger partial charge is 0.488 e. The molecule has 1 atom stereocenters. The van der Waals surface area contributed by atoms with Crippen molar-refractivity contribution in [3.8, 4) is 5.75 Å². The van der Waals surface area contributed by atoms with Gasteiger partial charge in [-0.25, -0.2) is 9.97 Å². The van der Waals surface area contributed by atoms with Crippen LogP contribution >= 0.6 is 0 Å².